The maximum atomic E-state index is 12.8. The molecule has 5 nitrogen and oxygen atoms in total. The van der Waals surface area contributed by atoms with Crippen LogP contribution < -0.4 is 10.1 Å². The van der Waals surface area contributed by atoms with Crippen LogP contribution in [0.2, 0.25) is 0 Å². The third kappa shape index (κ3) is 6.84. The van der Waals surface area contributed by atoms with Crippen molar-refractivity contribution in [2.45, 2.75) is 58.6 Å². The molecule has 0 unspecified atom stereocenters. The van der Waals surface area contributed by atoms with Crippen molar-refractivity contribution in [3.8, 4) is 5.75 Å². The van der Waals surface area contributed by atoms with E-state index in [1.54, 1.807) is 0 Å². The molecule has 2 aromatic rings. The summed E-state index contributed by atoms with van der Waals surface area (Å²) < 4.78 is 5.76. The van der Waals surface area contributed by atoms with Crippen molar-refractivity contribution in [1.82, 2.24) is 10.2 Å². The highest BCUT2D eigenvalue weighted by Crippen LogP contribution is 2.23. The van der Waals surface area contributed by atoms with E-state index in [2.05, 4.69) is 17.4 Å². The van der Waals surface area contributed by atoms with Crippen molar-refractivity contribution < 1.29 is 14.3 Å². The minimum atomic E-state index is -0.0891. The van der Waals surface area contributed by atoms with E-state index >= 15 is 0 Å². The Bertz CT molecular complexity index is 858. The van der Waals surface area contributed by atoms with Gasteiger partial charge in [-0.15, -0.1) is 0 Å². The van der Waals surface area contributed by atoms with Gasteiger partial charge in [-0.2, -0.15) is 0 Å². The van der Waals surface area contributed by atoms with Crippen LogP contribution in [0.5, 0.6) is 5.75 Å². The van der Waals surface area contributed by atoms with Crippen molar-refractivity contribution >= 4 is 11.8 Å². The number of piperidine rings is 1. The average Bonchev–Trinajstić information content (AvgIpc) is 2.78. The van der Waals surface area contributed by atoms with Crippen LogP contribution in [0, 0.1) is 5.92 Å². The van der Waals surface area contributed by atoms with Crippen molar-refractivity contribution in [2.24, 2.45) is 5.92 Å². The molecule has 1 heterocycles. The Kier molecular flexibility index (Phi) is 8.10. The number of rotatable bonds is 8. The summed E-state index contributed by atoms with van der Waals surface area (Å²) in [7, 11) is 0. The van der Waals surface area contributed by atoms with E-state index in [-0.39, 0.29) is 29.9 Å². The molecule has 31 heavy (non-hydrogen) atoms. The van der Waals surface area contributed by atoms with Crippen LogP contribution in [-0.4, -0.2) is 35.9 Å². The van der Waals surface area contributed by atoms with Gasteiger partial charge in [0, 0.05) is 25.4 Å². The van der Waals surface area contributed by atoms with E-state index in [0.29, 0.717) is 32.4 Å². The summed E-state index contributed by atoms with van der Waals surface area (Å²) in [5, 5.41) is 3.14. The van der Waals surface area contributed by atoms with Crippen LogP contribution in [0.3, 0.4) is 0 Å². The van der Waals surface area contributed by atoms with Gasteiger partial charge in [-0.3, -0.25) is 9.59 Å². The molecule has 1 aliphatic heterocycles. The average molecular weight is 423 g/mol. The van der Waals surface area contributed by atoms with Gasteiger partial charge in [0.05, 0.1) is 12.1 Å². The number of carbonyl (C=O) groups is 2. The van der Waals surface area contributed by atoms with Crippen LogP contribution in [0.4, 0.5) is 0 Å². The number of carbonyl (C=O) groups excluding carboxylic acids is 2. The van der Waals surface area contributed by atoms with E-state index in [0.717, 1.165) is 17.7 Å². The number of hydrogen-bond donors (Lipinski definition) is 1. The van der Waals surface area contributed by atoms with E-state index in [1.807, 2.05) is 68.1 Å². The van der Waals surface area contributed by atoms with Gasteiger partial charge in [-0.25, -0.2) is 0 Å². The molecule has 1 N–H and O–H groups in total. The van der Waals surface area contributed by atoms with Gasteiger partial charge in [0.15, 0.2) is 0 Å². The van der Waals surface area contributed by atoms with Crippen LogP contribution in [0.25, 0.3) is 0 Å². The lowest BCUT2D eigenvalue weighted by Gasteiger charge is -2.32. The van der Waals surface area contributed by atoms with E-state index in [1.165, 1.54) is 5.56 Å². The fourth-order valence-electron chi connectivity index (χ4n) is 3.99. The topological polar surface area (TPSA) is 58.6 Å². The van der Waals surface area contributed by atoms with Gasteiger partial charge in [-0.1, -0.05) is 42.5 Å². The second-order valence-corrected chi connectivity index (χ2v) is 8.61. The van der Waals surface area contributed by atoms with E-state index in [9.17, 15) is 9.59 Å². The molecule has 0 saturated carbocycles. The standard InChI is InChI=1S/C26H34N2O3/c1-19(2)31-24-11-7-10-23(18-24)20(3)27-26(30)22-14-16-28(17-15-22)25(29)13-12-21-8-5-4-6-9-21/h4-11,18-20,22H,12-17H2,1-3H3,(H,27,30)/t20-/m0/s1. The smallest absolute Gasteiger partial charge is 0.223 e. The molecule has 3 rings (SSSR count). The lowest BCUT2D eigenvalue weighted by atomic mass is 9.94. The van der Waals surface area contributed by atoms with E-state index in [4.69, 9.17) is 4.74 Å². The molecule has 1 atom stereocenters. The Morgan fingerprint density at radius 3 is 2.42 bits per heavy atom. The monoisotopic (exact) mass is 422 g/mol. The molecule has 1 aliphatic rings. The first-order valence-corrected chi connectivity index (χ1v) is 11.3. The molecular weight excluding hydrogens is 388 g/mol. The Balaban J connectivity index is 1.45. The van der Waals surface area contributed by atoms with Crippen LogP contribution in [0.1, 0.15) is 57.2 Å². The number of nitrogens with zero attached hydrogens (tertiary/aromatic N) is 1. The SMILES string of the molecule is CC(C)Oc1cccc([C@H](C)NC(=O)C2CCN(C(=O)CCc3ccccc3)CC2)c1. The molecule has 0 bridgehead atoms. The Labute approximate surface area is 185 Å². The van der Waals surface area contributed by atoms with Crippen molar-refractivity contribution in [2.75, 3.05) is 13.1 Å². The lowest BCUT2D eigenvalue weighted by Crippen LogP contribution is -2.43. The predicted octanol–water partition coefficient (Wildman–Crippen LogP) is 4.52. The summed E-state index contributed by atoms with van der Waals surface area (Å²) in [5.41, 5.74) is 2.21. The number of hydrogen-bond acceptors (Lipinski definition) is 3. The fourth-order valence-corrected chi connectivity index (χ4v) is 3.99. The molecule has 0 aromatic heterocycles. The van der Waals surface area contributed by atoms with Crippen LogP contribution in [0.15, 0.2) is 54.6 Å². The third-order valence-corrected chi connectivity index (χ3v) is 5.78. The maximum absolute atomic E-state index is 12.8. The summed E-state index contributed by atoms with van der Waals surface area (Å²) in [6.07, 6.45) is 2.82. The van der Waals surface area contributed by atoms with Crippen LogP contribution >= 0.6 is 0 Å². The Morgan fingerprint density at radius 2 is 1.74 bits per heavy atom. The minimum absolute atomic E-state index is 0.0456. The fraction of sp³-hybridized carbons (Fsp3) is 0.462. The molecule has 5 heteroatoms. The second kappa shape index (κ2) is 11.0. The first-order valence-electron chi connectivity index (χ1n) is 11.3. The summed E-state index contributed by atoms with van der Waals surface area (Å²) in [5.74, 6) is 1.02. The number of nitrogens with one attached hydrogen (secondary N) is 1. The first-order chi connectivity index (χ1) is 14.9. The predicted molar refractivity (Wildman–Crippen MR) is 123 cm³/mol. The highest BCUT2D eigenvalue weighted by atomic mass is 16.5. The largest absolute Gasteiger partial charge is 0.491 e. The summed E-state index contributed by atoms with van der Waals surface area (Å²) in [6.45, 7) is 7.29. The van der Waals surface area contributed by atoms with Gasteiger partial charge < -0.3 is 15.0 Å². The number of amides is 2. The number of ether oxygens (including phenoxy) is 1. The Morgan fingerprint density at radius 1 is 1.03 bits per heavy atom. The highest BCUT2D eigenvalue weighted by molar-refractivity contribution is 5.80. The lowest BCUT2D eigenvalue weighted by molar-refractivity contribution is -0.135. The van der Waals surface area contributed by atoms with Crippen molar-refractivity contribution in [3.63, 3.8) is 0 Å². The molecule has 0 aliphatic carbocycles. The number of likely N-dealkylation sites (tertiary alicyclic amines) is 1. The molecule has 1 fully saturated rings. The quantitative estimate of drug-likeness (QED) is 0.680. The van der Waals surface area contributed by atoms with Crippen molar-refractivity contribution in [3.05, 3.63) is 65.7 Å². The maximum Gasteiger partial charge on any atom is 0.223 e. The number of aryl methyl sites for hydroxylation is 1. The molecule has 2 amide bonds. The van der Waals surface area contributed by atoms with Gasteiger partial charge in [0.25, 0.3) is 0 Å². The zero-order valence-electron chi connectivity index (χ0n) is 18.8. The first kappa shape index (κ1) is 22.9. The molecule has 2 aromatic carbocycles. The molecule has 1 saturated heterocycles. The van der Waals surface area contributed by atoms with Gasteiger partial charge in [0.2, 0.25) is 11.8 Å². The molecule has 0 radical (unpaired) electrons. The van der Waals surface area contributed by atoms with Crippen molar-refractivity contribution in [1.29, 1.82) is 0 Å². The van der Waals surface area contributed by atoms with E-state index < -0.39 is 0 Å². The van der Waals surface area contributed by atoms with Gasteiger partial charge in [-0.05, 0) is 63.3 Å². The third-order valence-electron chi connectivity index (χ3n) is 5.78. The summed E-state index contributed by atoms with van der Waals surface area (Å²) in [4.78, 5) is 27.2. The zero-order chi connectivity index (χ0) is 22.2. The van der Waals surface area contributed by atoms with Crippen LogP contribution in [-0.2, 0) is 16.0 Å². The molecule has 166 valence electrons. The zero-order valence-corrected chi connectivity index (χ0v) is 18.8. The minimum Gasteiger partial charge on any atom is -0.491 e. The normalized spacial score (nSPS) is 15.5. The molecular formula is C26H34N2O3. The summed E-state index contributed by atoms with van der Waals surface area (Å²) in [6, 6.07) is 17.9. The number of benzene rings is 2. The molecule has 0 spiro atoms. The summed E-state index contributed by atoms with van der Waals surface area (Å²) >= 11 is 0. The highest BCUT2D eigenvalue weighted by Gasteiger charge is 2.28. The second-order valence-electron chi connectivity index (χ2n) is 8.61. The van der Waals surface area contributed by atoms with Gasteiger partial charge >= 0.3 is 0 Å². The van der Waals surface area contributed by atoms with Gasteiger partial charge in [0.1, 0.15) is 5.75 Å². The Hall–Kier alpha value is -2.82.